The topological polar surface area (TPSA) is 55.1 Å². The van der Waals surface area contributed by atoms with Crippen LogP contribution in [0, 0.1) is 11.3 Å². The Bertz CT molecular complexity index is 1230. The molecule has 4 aromatic rings. The highest BCUT2D eigenvalue weighted by atomic mass is 79.9. The van der Waals surface area contributed by atoms with Gasteiger partial charge in [-0.3, -0.25) is 0 Å². The Balaban J connectivity index is 1.65. The molecule has 1 aromatic heterocycles. The highest BCUT2D eigenvalue weighted by molar-refractivity contribution is 9.10. The van der Waals surface area contributed by atoms with Crippen LogP contribution in [0.4, 0.5) is 0 Å². The Kier molecular flexibility index (Phi) is 6.12. The predicted molar refractivity (Wildman–Crippen MR) is 125 cm³/mol. The molecule has 6 heteroatoms. The molecule has 0 atom stereocenters. The second kappa shape index (κ2) is 9.12. The Hall–Kier alpha value is -3.14. The lowest BCUT2D eigenvalue weighted by Crippen LogP contribution is -1.99. The van der Waals surface area contributed by atoms with E-state index in [4.69, 9.17) is 9.47 Å². The van der Waals surface area contributed by atoms with Gasteiger partial charge in [0.05, 0.1) is 27.4 Å². The Labute approximate surface area is 187 Å². The van der Waals surface area contributed by atoms with Gasteiger partial charge in [0.15, 0.2) is 11.5 Å². The van der Waals surface area contributed by atoms with Gasteiger partial charge in [0, 0.05) is 0 Å². The molecule has 0 saturated heterocycles. The fraction of sp³-hybridized carbons (Fsp3) is 0.0833. The second-order valence-corrected chi connectivity index (χ2v) is 8.35. The van der Waals surface area contributed by atoms with Gasteiger partial charge < -0.3 is 9.47 Å². The molecular weight excluding hydrogens is 460 g/mol. The van der Waals surface area contributed by atoms with Crippen LogP contribution in [0.3, 0.4) is 0 Å². The number of halogens is 1. The lowest BCUT2D eigenvalue weighted by molar-refractivity contribution is 0.282. The van der Waals surface area contributed by atoms with Crippen molar-refractivity contribution in [1.29, 1.82) is 5.26 Å². The van der Waals surface area contributed by atoms with Crippen molar-refractivity contribution >= 4 is 49.1 Å². The molecule has 0 bridgehead atoms. The summed E-state index contributed by atoms with van der Waals surface area (Å²) in [6, 6.07) is 23.8. The predicted octanol–water partition coefficient (Wildman–Crippen LogP) is 6.71. The molecule has 3 aromatic carbocycles. The summed E-state index contributed by atoms with van der Waals surface area (Å²) >= 11 is 5.08. The molecule has 148 valence electrons. The molecule has 0 aliphatic rings. The van der Waals surface area contributed by atoms with Gasteiger partial charge >= 0.3 is 0 Å². The van der Waals surface area contributed by atoms with Crippen LogP contribution in [-0.4, -0.2) is 12.1 Å². The van der Waals surface area contributed by atoms with Crippen LogP contribution < -0.4 is 9.47 Å². The van der Waals surface area contributed by atoms with Crippen molar-refractivity contribution in [2.24, 2.45) is 0 Å². The van der Waals surface area contributed by atoms with Gasteiger partial charge in [0.2, 0.25) is 0 Å². The fourth-order valence-corrected chi connectivity index (χ4v) is 4.49. The van der Waals surface area contributed by atoms with E-state index >= 15 is 0 Å². The minimum Gasteiger partial charge on any atom is -0.493 e. The first kappa shape index (κ1) is 20.1. The van der Waals surface area contributed by atoms with E-state index in [-0.39, 0.29) is 0 Å². The van der Waals surface area contributed by atoms with Gasteiger partial charge in [-0.1, -0.05) is 42.5 Å². The summed E-state index contributed by atoms with van der Waals surface area (Å²) in [6.07, 6.45) is 1.81. The first-order chi connectivity index (χ1) is 14.7. The van der Waals surface area contributed by atoms with Crippen LogP contribution in [-0.2, 0) is 6.61 Å². The zero-order chi connectivity index (χ0) is 20.9. The number of hydrogen-bond donors (Lipinski definition) is 0. The number of para-hydroxylation sites is 1. The van der Waals surface area contributed by atoms with Crippen LogP contribution in [0.1, 0.15) is 16.1 Å². The number of nitrogens with zero attached hydrogens (tertiary/aromatic N) is 2. The zero-order valence-corrected chi connectivity index (χ0v) is 18.5. The molecule has 4 rings (SSSR count). The quantitative estimate of drug-likeness (QED) is 0.290. The number of rotatable bonds is 6. The summed E-state index contributed by atoms with van der Waals surface area (Å²) in [4.78, 5) is 4.59. The maximum atomic E-state index is 9.71. The van der Waals surface area contributed by atoms with Crippen molar-refractivity contribution in [3.63, 3.8) is 0 Å². The molecule has 0 N–H and O–H groups in total. The molecule has 0 radical (unpaired) electrons. The van der Waals surface area contributed by atoms with Gasteiger partial charge in [-0.2, -0.15) is 5.26 Å². The third-order valence-corrected chi connectivity index (χ3v) is 6.09. The lowest BCUT2D eigenvalue weighted by atomic mass is 10.1. The third-order valence-electron chi connectivity index (χ3n) is 4.43. The van der Waals surface area contributed by atoms with E-state index in [1.807, 2.05) is 72.8 Å². The normalized spacial score (nSPS) is 11.3. The van der Waals surface area contributed by atoms with Gasteiger partial charge in [-0.25, -0.2) is 4.98 Å². The molecule has 4 nitrogen and oxygen atoms in total. The first-order valence-electron chi connectivity index (χ1n) is 9.20. The number of hydrogen-bond acceptors (Lipinski definition) is 5. The summed E-state index contributed by atoms with van der Waals surface area (Å²) in [5.74, 6) is 1.21. The van der Waals surface area contributed by atoms with E-state index in [0.717, 1.165) is 25.8 Å². The molecule has 0 aliphatic carbocycles. The molecule has 0 fully saturated rings. The van der Waals surface area contributed by atoms with Crippen molar-refractivity contribution in [1.82, 2.24) is 4.98 Å². The van der Waals surface area contributed by atoms with E-state index in [2.05, 4.69) is 27.0 Å². The molecule has 0 saturated carbocycles. The minimum absolute atomic E-state index is 0.431. The lowest BCUT2D eigenvalue weighted by Gasteiger charge is -2.14. The van der Waals surface area contributed by atoms with E-state index in [1.54, 1.807) is 7.11 Å². The van der Waals surface area contributed by atoms with Gasteiger partial charge in [0.25, 0.3) is 0 Å². The minimum atomic E-state index is 0.431. The fourth-order valence-electron chi connectivity index (χ4n) is 2.99. The highest BCUT2D eigenvalue weighted by Crippen LogP contribution is 2.38. The number of fused-ring (bicyclic) bond motifs is 1. The monoisotopic (exact) mass is 476 g/mol. The maximum absolute atomic E-state index is 9.71. The van der Waals surface area contributed by atoms with Crippen molar-refractivity contribution in [3.05, 3.63) is 87.3 Å². The maximum Gasteiger partial charge on any atom is 0.175 e. The van der Waals surface area contributed by atoms with E-state index in [1.165, 1.54) is 11.3 Å². The molecule has 30 heavy (non-hydrogen) atoms. The van der Waals surface area contributed by atoms with Crippen LogP contribution in [0.15, 0.2) is 71.2 Å². The van der Waals surface area contributed by atoms with E-state index in [0.29, 0.717) is 28.7 Å². The van der Waals surface area contributed by atoms with Crippen LogP contribution in [0.2, 0.25) is 0 Å². The number of ether oxygens (including phenoxy) is 2. The summed E-state index contributed by atoms with van der Waals surface area (Å²) in [7, 11) is 1.60. The number of aromatic nitrogens is 1. The number of thiazole rings is 1. The van der Waals surface area contributed by atoms with Crippen molar-refractivity contribution in [2.45, 2.75) is 6.61 Å². The standard InChI is InChI=1S/C24H17BrN2O2S/c1-28-21-13-17(12-19(25)23(21)29-15-16-7-3-2-4-8-16)11-18(14-26)24-27-20-9-5-6-10-22(20)30-24/h2-13H,15H2,1H3/b18-11-. The number of benzene rings is 3. The first-order valence-corrected chi connectivity index (χ1v) is 10.8. The summed E-state index contributed by atoms with van der Waals surface area (Å²) in [5.41, 5.74) is 3.28. The zero-order valence-electron chi connectivity index (χ0n) is 16.1. The average molecular weight is 477 g/mol. The van der Waals surface area contributed by atoms with Gasteiger partial charge in [-0.15, -0.1) is 11.3 Å². The van der Waals surface area contributed by atoms with Crippen LogP contribution in [0.5, 0.6) is 11.5 Å². The molecule has 0 unspecified atom stereocenters. The largest absolute Gasteiger partial charge is 0.493 e. The molecule has 1 heterocycles. The summed E-state index contributed by atoms with van der Waals surface area (Å²) < 4.78 is 13.3. The third kappa shape index (κ3) is 4.38. The molecule has 0 spiro atoms. The van der Waals surface area contributed by atoms with Crippen molar-refractivity contribution in [2.75, 3.05) is 7.11 Å². The van der Waals surface area contributed by atoms with E-state index in [9.17, 15) is 5.26 Å². The van der Waals surface area contributed by atoms with Crippen LogP contribution in [0.25, 0.3) is 21.9 Å². The van der Waals surface area contributed by atoms with Crippen LogP contribution >= 0.6 is 27.3 Å². The average Bonchev–Trinajstić information content (AvgIpc) is 3.21. The summed E-state index contributed by atoms with van der Waals surface area (Å²) in [6.45, 7) is 0.431. The van der Waals surface area contributed by atoms with Gasteiger partial charge in [0.1, 0.15) is 17.7 Å². The van der Waals surface area contributed by atoms with Crippen molar-refractivity contribution in [3.8, 4) is 17.6 Å². The van der Waals surface area contributed by atoms with E-state index < -0.39 is 0 Å². The van der Waals surface area contributed by atoms with Crippen molar-refractivity contribution < 1.29 is 9.47 Å². The number of methoxy groups -OCH3 is 1. The molecule has 0 amide bonds. The summed E-state index contributed by atoms with van der Waals surface area (Å²) in [5, 5.41) is 10.4. The Morgan fingerprint density at radius 3 is 2.63 bits per heavy atom. The van der Waals surface area contributed by atoms with Gasteiger partial charge in [-0.05, 0) is 57.4 Å². The smallest absolute Gasteiger partial charge is 0.175 e. The Morgan fingerprint density at radius 1 is 1.13 bits per heavy atom. The molecule has 0 aliphatic heterocycles. The SMILES string of the molecule is COc1cc(/C=C(/C#N)c2nc3ccccc3s2)cc(Br)c1OCc1ccccc1. The highest BCUT2D eigenvalue weighted by Gasteiger charge is 2.14. The second-order valence-electron chi connectivity index (χ2n) is 6.46. The Morgan fingerprint density at radius 2 is 1.90 bits per heavy atom. The number of allylic oxidation sites excluding steroid dienone is 1. The molecular formula is C24H17BrN2O2S. The number of nitriles is 1.